The van der Waals surface area contributed by atoms with Gasteiger partial charge in [-0.3, -0.25) is 14.7 Å². The van der Waals surface area contributed by atoms with Gasteiger partial charge < -0.3 is 10.3 Å². The van der Waals surface area contributed by atoms with E-state index in [1.807, 2.05) is 6.07 Å². The molecule has 0 aliphatic rings. The van der Waals surface area contributed by atoms with Crippen molar-refractivity contribution < 1.29 is 13.2 Å². The van der Waals surface area contributed by atoms with Gasteiger partial charge in [-0.15, -0.1) is 0 Å². The topological polar surface area (TPSA) is 141 Å². The second kappa shape index (κ2) is 9.20. The highest BCUT2D eigenvalue weighted by molar-refractivity contribution is 7.89. The Morgan fingerprint density at radius 2 is 1.85 bits per heavy atom. The van der Waals surface area contributed by atoms with Crippen molar-refractivity contribution in [2.45, 2.75) is 25.7 Å². The summed E-state index contributed by atoms with van der Waals surface area (Å²) in [5.74, 6) is 0.605. The molecule has 0 saturated carbocycles. The Morgan fingerprint density at radius 3 is 2.53 bits per heavy atom. The van der Waals surface area contributed by atoms with Gasteiger partial charge in [0.1, 0.15) is 5.82 Å². The molecule has 0 saturated heterocycles. The first-order chi connectivity index (χ1) is 16.2. The molecule has 0 spiro atoms. The van der Waals surface area contributed by atoms with Crippen LogP contribution in [-0.2, 0) is 10.0 Å². The third-order valence-corrected chi connectivity index (χ3v) is 7.42. The van der Waals surface area contributed by atoms with E-state index >= 15 is 0 Å². The number of sulfonamides is 1. The molecule has 2 heterocycles. The number of nitrogens with zero attached hydrogens (tertiary/aromatic N) is 3. The van der Waals surface area contributed by atoms with Crippen LogP contribution in [0, 0.1) is 6.92 Å². The Balaban J connectivity index is 1.74. The standard InChI is InChI=1S/C23H24N6O4S/c1-4-29(5-2)34(32,33)17-9-10-20-18(12-17)19(13-21(30)26-20)23(31)25-16-8-6-7-15(11-16)22-24-14(3)27-28-22/h6-13H,4-5H2,1-3H3,(H,25,31)(H,26,30)(H,24,27,28). The van der Waals surface area contributed by atoms with E-state index in [1.54, 1.807) is 39.0 Å². The molecule has 2 aromatic heterocycles. The highest BCUT2D eigenvalue weighted by atomic mass is 32.2. The van der Waals surface area contributed by atoms with Crippen molar-refractivity contribution in [3.63, 3.8) is 0 Å². The number of benzene rings is 2. The average Bonchev–Trinajstić information content (AvgIpc) is 3.25. The van der Waals surface area contributed by atoms with E-state index in [4.69, 9.17) is 0 Å². The van der Waals surface area contributed by atoms with Gasteiger partial charge in [0.2, 0.25) is 15.6 Å². The fourth-order valence-electron chi connectivity index (χ4n) is 3.70. The van der Waals surface area contributed by atoms with E-state index in [-0.39, 0.29) is 10.5 Å². The Hall–Kier alpha value is -3.83. The molecule has 1 amide bonds. The number of H-pyrrole nitrogens is 2. The van der Waals surface area contributed by atoms with E-state index in [0.29, 0.717) is 46.9 Å². The van der Waals surface area contributed by atoms with Crippen LogP contribution in [0.4, 0.5) is 5.69 Å². The summed E-state index contributed by atoms with van der Waals surface area (Å²) >= 11 is 0. The van der Waals surface area contributed by atoms with E-state index in [0.717, 1.165) is 6.07 Å². The number of nitrogens with one attached hydrogen (secondary N) is 3. The first-order valence-electron chi connectivity index (χ1n) is 10.7. The van der Waals surface area contributed by atoms with Crippen LogP contribution in [0.5, 0.6) is 0 Å². The SMILES string of the molecule is CCN(CC)S(=O)(=O)c1ccc2[nH]c(=O)cc(C(=O)Nc3cccc(-c4n[nH]c(C)n4)c3)c2c1. The zero-order chi connectivity index (χ0) is 24.5. The molecule has 0 aliphatic carbocycles. The van der Waals surface area contributed by atoms with Crippen molar-refractivity contribution in [1.82, 2.24) is 24.5 Å². The van der Waals surface area contributed by atoms with Crippen LogP contribution in [0.3, 0.4) is 0 Å². The number of carbonyl (C=O) groups excluding carboxylic acids is 1. The first-order valence-corrected chi connectivity index (χ1v) is 12.1. The maximum absolute atomic E-state index is 13.2. The monoisotopic (exact) mass is 480 g/mol. The molecule has 176 valence electrons. The van der Waals surface area contributed by atoms with Gasteiger partial charge in [0, 0.05) is 41.3 Å². The number of anilines is 1. The zero-order valence-electron chi connectivity index (χ0n) is 18.9. The van der Waals surface area contributed by atoms with Gasteiger partial charge in [-0.25, -0.2) is 13.4 Å². The number of pyridine rings is 1. The molecule has 2 aromatic carbocycles. The second-order valence-electron chi connectivity index (χ2n) is 7.62. The largest absolute Gasteiger partial charge is 0.322 e. The van der Waals surface area contributed by atoms with Gasteiger partial charge in [0.05, 0.1) is 10.5 Å². The van der Waals surface area contributed by atoms with Crippen LogP contribution >= 0.6 is 0 Å². The average molecular weight is 481 g/mol. The maximum atomic E-state index is 13.2. The molecule has 11 heteroatoms. The molecule has 0 unspecified atom stereocenters. The van der Waals surface area contributed by atoms with Crippen molar-refractivity contribution in [2.24, 2.45) is 0 Å². The summed E-state index contributed by atoms with van der Waals surface area (Å²) in [6.45, 7) is 5.93. The molecule has 0 atom stereocenters. The predicted molar refractivity (Wildman–Crippen MR) is 129 cm³/mol. The van der Waals surface area contributed by atoms with E-state index in [9.17, 15) is 18.0 Å². The lowest BCUT2D eigenvalue weighted by Crippen LogP contribution is -2.30. The van der Waals surface area contributed by atoms with Gasteiger partial charge >= 0.3 is 0 Å². The van der Waals surface area contributed by atoms with Crippen LogP contribution in [0.15, 0.2) is 58.2 Å². The first kappa shape index (κ1) is 23.3. The molecule has 34 heavy (non-hydrogen) atoms. The normalized spacial score (nSPS) is 11.8. The fraction of sp³-hybridized carbons (Fsp3) is 0.217. The van der Waals surface area contributed by atoms with Gasteiger partial charge in [-0.2, -0.15) is 9.40 Å². The fourth-order valence-corrected chi connectivity index (χ4v) is 5.18. The minimum Gasteiger partial charge on any atom is -0.322 e. The summed E-state index contributed by atoms with van der Waals surface area (Å²) in [5.41, 5.74) is 1.13. The lowest BCUT2D eigenvalue weighted by atomic mass is 10.1. The third kappa shape index (κ3) is 4.47. The quantitative estimate of drug-likeness (QED) is 0.371. The van der Waals surface area contributed by atoms with Gasteiger partial charge in [0.25, 0.3) is 5.91 Å². The van der Waals surface area contributed by atoms with Crippen molar-refractivity contribution in [2.75, 3.05) is 18.4 Å². The minimum atomic E-state index is -3.75. The van der Waals surface area contributed by atoms with Crippen molar-refractivity contribution >= 4 is 32.5 Å². The predicted octanol–water partition coefficient (Wildman–Crippen LogP) is 2.90. The summed E-state index contributed by atoms with van der Waals surface area (Å²) < 4.78 is 27.3. The van der Waals surface area contributed by atoms with Crippen LogP contribution in [0.2, 0.25) is 0 Å². The smallest absolute Gasteiger partial charge is 0.256 e. The van der Waals surface area contributed by atoms with Crippen LogP contribution < -0.4 is 10.9 Å². The lowest BCUT2D eigenvalue weighted by Gasteiger charge is -2.19. The number of aryl methyl sites for hydroxylation is 1. The number of amides is 1. The van der Waals surface area contributed by atoms with E-state index in [2.05, 4.69) is 25.5 Å². The summed E-state index contributed by atoms with van der Waals surface area (Å²) in [6.07, 6.45) is 0. The highest BCUT2D eigenvalue weighted by Crippen LogP contribution is 2.24. The Morgan fingerprint density at radius 1 is 1.09 bits per heavy atom. The maximum Gasteiger partial charge on any atom is 0.256 e. The summed E-state index contributed by atoms with van der Waals surface area (Å²) in [7, 11) is -3.75. The lowest BCUT2D eigenvalue weighted by molar-refractivity contribution is 0.102. The third-order valence-electron chi connectivity index (χ3n) is 5.38. The van der Waals surface area contributed by atoms with Crippen LogP contribution in [0.1, 0.15) is 30.0 Å². The molecular weight excluding hydrogens is 456 g/mol. The summed E-state index contributed by atoms with van der Waals surface area (Å²) in [4.78, 5) is 32.4. The number of hydrogen-bond donors (Lipinski definition) is 3. The number of rotatable bonds is 7. The van der Waals surface area contributed by atoms with Gasteiger partial charge in [-0.05, 0) is 37.3 Å². The molecule has 4 aromatic rings. The molecule has 0 fully saturated rings. The number of aromatic nitrogens is 4. The summed E-state index contributed by atoms with van der Waals surface area (Å²) in [6, 6.07) is 12.5. The minimum absolute atomic E-state index is 0.0479. The Kier molecular flexibility index (Phi) is 6.31. The van der Waals surface area contributed by atoms with Gasteiger partial charge in [-0.1, -0.05) is 26.0 Å². The van der Waals surface area contributed by atoms with Crippen molar-refractivity contribution in [3.05, 3.63) is 70.3 Å². The molecule has 0 radical (unpaired) electrons. The molecule has 3 N–H and O–H groups in total. The molecule has 0 aliphatic heterocycles. The van der Waals surface area contributed by atoms with E-state index in [1.165, 1.54) is 22.5 Å². The highest BCUT2D eigenvalue weighted by Gasteiger charge is 2.23. The number of hydrogen-bond acceptors (Lipinski definition) is 6. The van der Waals surface area contributed by atoms with Crippen LogP contribution in [0.25, 0.3) is 22.3 Å². The molecule has 10 nitrogen and oxygen atoms in total. The van der Waals surface area contributed by atoms with Crippen molar-refractivity contribution in [1.29, 1.82) is 0 Å². The molecule has 4 rings (SSSR count). The second-order valence-corrected chi connectivity index (χ2v) is 9.56. The van der Waals surface area contributed by atoms with E-state index < -0.39 is 21.5 Å². The summed E-state index contributed by atoms with van der Waals surface area (Å²) in [5, 5.41) is 10.0. The zero-order valence-corrected chi connectivity index (χ0v) is 19.7. The molecular formula is C23H24N6O4S. The van der Waals surface area contributed by atoms with Gasteiger partial charge in [0.15, 0.2) is 5.82 Å². The number of fused-ring (bicyclic) bond motifs is 1. The Labute approximate surface area is 196 Å². The Bertz CT molecular complexity index is 1540. The number of aromatic amines is 2. The van der Waals surface area contributed by atoms with Crippen molar-refractivity contribution in [3.8, 4) is 11.4 Å². The number of carbonyl (C=O) groups is 1. The molecule has 0 bridgehead atoms. The van der Waals surface area contributed by atoms with Crippen LogP contribution in [-0.4, -0.2) is 51.9 Å².